The summed E-state index contributed by atoms with van der Waals surface area (Å²) < 4.78 is 0. The van der Waals surface area contributed by atoms with E-state index in [0.29, 0.717) is 12.0 Å². The molecular weight excluding hydrogens is 152 g/mol. The van der Waals surface area contributed by atoms with Crippen molar-refractivity contribution in [1.29, 1.82) is 0 Å². The molecule has 0 aromatic heterocycles. The van der Waals surface area contributed by atoms with E-state index in [9.17, 15) is 4.79 Å². The first-order valence-corrected chi connectivity index (χ1v) is 4.55. The monoisotopic (exact) mass is 170 g/mol. The fraction of sp³-hybridized carbons (Fsp3) is 0.889. The molecule has 1 atom stereocenters. The summed E-state index contributed by atoms with van der Waals surface area (Å²) >= 11 is 0. The molecule has 1 rings (SSSR count). The average Bonchev–Trinajstić information content (AvgIpc) is 2.79. The molecule has 0 aromatic carbocycles. The maximum absolute atomic E-state index is 11.3. The molecule has 0 saturated heterocycles. The van der Waals surface area contributed by atoms with E-state index >= 15 is 0 Å². The van der Waals surface area contributed by atoms with Crippen molar-refractivity contribution in [2.24, 2.45) is 17.1 Å². The molecule has 1 saturated carbocycles. The van der Waals surface area contributed by atoms with Crippen molar-refractivity contribution in [2.75, 3.05) is 13.1 Å². The van der Waals surface area contributed by atoms with Gasteiger partial charge < -0.3 is 11.1 Å². The molecule has 1 amide bonds. The molecular formula is C9H18N2O. The largest absolute Gasteiger partial charge is 0.355 e. The quantitative estimate of drug-likeness (QED) is 0.645. The summed E-state index contributed by atoms with van der Waals surface area (Å²) in [6.07, 6.45) is 2.48. The number of amides is 1. The van der Waals surface area contributed by atoms with Gasteiger partial charge in [0.25, 0.3) is 0 Å². The first-order valence-electron chi connectivity index (χ1n) is 4.55. The molecule has 1 fully saturated rings. The molecule has 3 heteroatoms. The second-order valence-electron chi connectivity index (χ2n) is 4.17. The minimum Gasteiger partial charge on any atom is -0.355 e. The average molecular weight is 170 g/mol. The zero-order chi connectivity index (χ0) is 9.19. The molecule has 3 N–H and O–H groups in total. The standard InChI is InChI=1S/C9H18N2O/c1-7(5-10)8(12)11-6-9(2)3-4-9/h7H,3-6,10H2,1-2H3,(H,11,12). The lowest BCUT2D eigenvalue weighted by Crippen LogP contribution is -2.36. The highest BCUT2D eigenvalue weighted by atomic mass is 16.1. The van der Waals surface area contributed by atoms with Crippen LogP contribution in [0.1, 0.15) is 26.7 Å². The van der Waals surface area contributed by atoms with Gasteiger partial charge in [-0.1, -0.05) is 13.8 Å². The molecule has 0 aliphatic heterocycles. The second-order valence-corrected chi connectivity index (χ2v) is 4.17. The van der Waals surface area contributed by atoms with E-state index in [4.69, 9.17) is 5.73 Å². The van der Waals surface area contributed by atoms with Crippen LogP contribution in [0.5, 0.6) is 0 Å². The molecule has 0 bridgehead atoms. The van der Waals surface area contributed by atoms with Gasteiger partial charge in [-0.2, -0.15) is 0 Å². The van der Waals surface area contributed by atoms with Crippen molar-refractivity contribution >= 4 is 5.91 Å². The van der Waals surface area contributed by atoms with E-state index in [-0.39, 0.29) is 11.8 Å². The van der Waals surface area contributed by atoms with Crippen LogP contribution in [0.2, 0.25) is 0 Å². The first kappa shape index (κ1) is 9.52. The van der Waals surface area contributed by atoms with Crippen LogP contribution in [0.4, 0.5) is 0 Å². The topological polar surface area (TPSA) is 55.1 Å². The Bertz CT molecular complexity index is 175. The second kappa shape index (κ2) is 3.44. The van der Waals surface area contributed by atoms with Gasteiger partial charge in [0.1, 0.15) is 0 Å². The van der Waals surface area contributed by atoms with Crippen molar-refractivity contribution in [3.63, 3.8) is 0 Å². The molecule has 1 aliphatic carbocycles. The zero-order valence-electron chi connectivity index (χ0n) is 7.89. The van der Waals surface area contributed by atoms with E-state index in [1.165, 1.54) is 12.8 Å². The normalized spacial score (nSPS) is 21.6. The summed E-state index contributed by atoms with van der Waals surface area (Å²) in [5, 5.41) is 2.92. The molecule has 0 aromatic rings. The smallest absolute Gasteiger partial charge is 0.224 e. The summed E-state index contributed by atoms with van der Waals surface area (Å²) in [5.41, 5.74) is 5.76. The third-order valence-corrected chi connectivity index (χ3v) is 2.59. The third kappa shape index (κ3) is 2.48. The van der Waals surface area contributed by atoms with Gasteiger partial charge in [0.05, 0.1) is 0 Å². The summed E-state index contributed by atoms with van der Waals surface area (Å²) in [6, 6.07) is 0. The van der Waals surface area contributed by atoms with E-state index in [0.717, 1.165) is 6.54 Å². The molecule has 1 aliphatic rings. The highest BCUT2D eigenvalue weighted by molar-refractivity contribution is 5.78. The molecule has 0 spiro atoms. The first-order chi connectivity index (χ1) is 5.57. The minimum atomic E-state index is -0.0488. The van der Waals surface area contributed by atoms with Gasteiger partial charge in [0, 0.05) is 19.0 Å². The molecule has 0 heterocycles. The zero-order valence-corrected chi connectivity index (χ0v) is 7.89. The third-order valence-electron chi connectivity index (χ3n) is 2.59. The lowest BCUT2D eigenvalue weighted by atomic mass is 10.1. The fourth-order valence-electron chi connectivity index (χ4n) is 0.972. The van der Waals surface area contributed by atoms with Crippen molar-refractivity contribution in [3.8, 4) is 0 Å². The van der Waals surface area contributed by atoms with Crippen molar-refractivity contribution in [2.45, 2.75) is 26.7 Å². The Morgan fingerprint density at radius 3 is 2.67 bits per heavy atom. The van der Waals surface area contributed by atoms with Crippen LogP contribution < -0.4 is 11.1 Å². The van der Waals surface area contributed by atoms with Gasteiger partial charge in [-0.25, -0.2) is 0 Å². The fourth-order valence-corrected chi connectivity index (χ4v) is 0.972. The van der Waals surface area contributed by atoms with Crippen LogP contribution in [0.3, 0.4) is 0 Å². The van der Waals surface area contributed by atoms with Crippen LogP contribution in [-0.2, 0) is 4.79 Å². The van der Waals surface area contributed by atoms with Crippen LogP contribution >= 0.6 is 0 Å². The highest BCUT2D eigenvalue weighted by Crippen LogP contribution is 2.43. The number of nitrogens with two attached hydrogens (primary N) is 1. The van der Waals surface area contributed by atoms with Crippen molar-refractivity contribution < 1.29 is 4.79 Å². The Balaban J connectivity index is 2.18. The van der Waals surface area contributed by atoms with Crippen molar-refractivity contribution in [3.05, 3.63) is 0 Å². The minimum absolute atomic E-state index is 0.0488. The lowest BCUT2D eigenvalue weighted by molar-refractivity contribution is -0.124. The predicted molar refractivity (Wildman–Crippen MR) is 48.6 cm³/mol. The van der Waals surface area contributed by atoms with Crippen molar-refractivity contribution in [1.82, 2.24) is 5.32 Å². The Morgan fingerprint density at radius 1 is 1.67 bits per heavy atom. The van der Waals surface area contributed by atoms with Crippen LogP contribution in [0, 0.1) is 11.3 Å². The van der Waals surface area contributed by atoms with Gasteiger partial charge in [-0.3, -0.25) is 4.79 Å². The Hall–Kier alpha value is -0.570. The van der Waals surface area contributed by atoms with Crippen LogP contribution in [-0.4, -0.2) is 19.0 Å². The lowest BCUT2D eigenvalue weighted by Gasteiger charge is -2.12. The molecule has 12 heavy (non-hydrogen) atoms. The number of nitrogens with one attached hydrogen (secondary N) is 1. The molecule has 0 radical (unpaired) electrons. The van der Waals surface area contributed by atoms with Crippen LogP contribution in [0.25, 0.3) is 0 Å². The van der Waals surface area contributed by atoms with E-state index in [2.05, 4.69) is 12.2 Å². The van der Waals surface area contributed by atoms with Gasteiger partial charge >= 0.3 is 0 Å². The summed E-state index contributed by atoms with van der Waals surface area (Å²) in [5.74, 6) is 0.0398. The maximum atomic E-state index is 11.3. The number of rotatable bonds is 4. The SMILES string of the molecule is CC(CN)C(=O)NCC1(C)CC1. The highest BCUT2D eigenvalue weighted by Gasteiger charge is 2.37. The molecule has 70 valence electrons. The Morgan fingerprint density at radius 2 is 2.25 bits per heavy atom. The van der Waals surface area contributed by atoms with Gasteiger partial charge in [0.2, 0.25) is 5.91 Å². The van der Waals surface area contributed by atoms with Gasteiger partial charge in [-0.15, -0.1) is 0 Å². The van der Waals surface area contributed by atoms with E-state index in [1.54, 1.807) is 0 Å². The summed E-state index contributed by atoms with van der Waals surface area (Å²) in [6.45, 7) is 5.30. The van der Waals surface area contributed by atoms with E-state index < -0.39 is 0 Å². The number of carbonyl (C=O) groups excluding carboxylic acids is 1. The molecule has 3 nitrogen and oxygen atoms in total. The number of carbonyl (C=O) groups is 1. The van der Waals surface area contributed by atoms with Crippen LogP contribution in [0.15, 0.2) is 0 Å². The predicted octanol–water partition coefficient (Wildman–Crippen LogP) is 0.497. The van der Waals surface area contributed by atoms with Gasteiger partial charge in [0.15, 0.2) is 0 Å². The maximum Gasteiger partial charge on any atom is 0.224 e. The molecule has 1 unspecified atom stereocenters. The van der Waals surface area contributed by atoms with E-state index in [1.807, 2.05) is 6.92 Å². The number of hydrogen-bond acceptors (Lipinski definition) is 2. The summed E-state index contributed by atoms with van der Waals surface area (Å²) in [7, 11) is 0. The van der Waals surface area contributed by atoms with Gasteiger partial charge in [-0.05, 0) is 18.3 Å². The Labute approximate surface area is 73.7 Å². The summed E-state index contributed by atoms with van der Waals surface area (Å²) in [4.78, 5) is 11.3. The Kier molecular flexibility index (Phi) is 2.73. The number of hydrogen-bond donors (Lipinski definition) is 2.